The summed E-state index contributed by atoms with van der Waals surface area (Å²) in [4.78, 5) is 26.1. The second-order valence-electron chi connectivity index (χ2n) is 6.90. The van der Waals surface area contributed by atoms with Crippen molar-refractivity contribution in [2.45, 2.75) is 26.4 Å². The van der Waals surface area contributed by atoms with Gasteiger partial charge in [-0.25, -0.2) is 4.79 Å². The Morgan fingerprint density at radius 3 is 2.28 bits per heavy atom. The molecule has 6 heteroatoms. The molecule has 3 aromatic rings. The summed E-state index contributed by atoms with van der Waals surface area (Å²) in [5.41, 5.74) is 3.74. The molecule has 0 aliphatic heterocycles. The average Bonchev–Trinajstić information content (AvgIpc) is 3.26. The number of hydrogen-bond acceptors (Lipinski definition) is 4. The summed E-state index contributed by atoms with van der Waals surface area (Å²) in [7, 11) is 1.70. The van der Waals surface area contributed by atoms with Gasteiger partial charge in [0, 0.05) is 26.0 Å². The lowest BCUT2D eigenvalue weighted by atomic mass is 10.1. The lowest BCUT2D eigenvalue weighted by molar-refractivity contribution is -0.133. The lowest BCUT2D eigenvalue weighted by Crippen LogP contribution is -2.30. The maximum absolute atomic E-state index is 12.3. The van der Waals surface area contributed by atoms with Crippen molar-refractivity contribution in [3.05, 3.63) is 89.2 Å². The third kappa shape index (κ3) is 5.78. The number of carbonyl (C=O) groups excluding carboxylic acids is 2. The summed E-state index contributed by atoms with van der Waals surface area (Å²) < 4.78 is 6.99. The maximum Gasteiger partial charge on any atom is 0.338 e. The molecule has 0 fully saturated rings. The molecule has 0 unspecified atom stereocenters. The molecule has 0 radical (unpaired) electrons. The van der Waals surface area contributed by atoms with Crippen LogP contribution in [0.3, 0.4) is 0 Å². The van der Waals surface area contributed by atoms with E-state index < -0.39 is 5.97 Å². The summed E-state index contributed by atoms with van der Waals surface area (Å²) in [6.07, 6.45) is 4.58. The molecular formula is C23H25N3O3. The third-order valence-electron chi connectivity index (χ3n) is 4.70. The van der Waals surface area contributed by atoms with Crippen LogP contribution in [-0.4, -0.2) is 40.2 Å². The fraction of sp³-hybridized carbons (Fsp3) is 0.261. The molecule has 6 nitrogen and oxygen atoms in total. The quantitative estimate of drug-likeness (QED) is 0.553. The maximum atomic E-state index is 12.3. The highest BCUT2D eigenvalue weighted by molar-refractivity contribution is 5.91. The fourth-order valence-electron chi connectivity index (χ4n) is 2.89. The molecule has 0 spiro atoms. The molecule has 0 saturated heterocycles. The Bertz CT molecular complexity index is 933. The largest absolute Gasteiger partial charge is 0.452 e. The summed E-state index contributed by atoms with van der Waals surface area (Å²) in [5, 5.41) is 4.16. The SMILES string of the molecule is CCc1ccc(CN(C)C(=O)COC(=O)c2ccc(Cn3cccn3)cc2)cc1. The van der Waals surface area contributed by atoms with Gasteiger partial charge in [0.05, 0.1) is 12.1 Å². The number of nitrogens with zero attached hydrogens (tertiary/aromatic N) is 3. The van der Waals surface area contributed by atoms with E-state index >= 15 is 0 Å². The van der Waals surface area contributed by atoms with Crippen LogP contribution >= 0.6 is 0 Å². The Kier molecular flexibility index (Phi) is 6.79. The van der Waals surface area contributed by atoms with E-state index in [0.29, 0.717) is 18.7 Å². The molecule has 1 heterocycles. The van der Waals surface area contributed by atoms with E-state index in [2.05, 4.69) is 24.2 Å². The molecule has 0 atom stereocenters. The van der Waals surface area contributed by atoms with E-state index in [4.69, 9.17) is 4.74 Å². The second-order valence-corrected chi connectivity index (χ2v) is 6.90. The zero-order chi connectivity index (χ0) is 20.6. The number of esters is 1. The molecule has 3 rings (SSSR count). The minimum Gasteiger partial charge on any atom is -0.452 e. The van der Waals surface area contributed by atoms with Gasteiger partial charge in [-0.3, -0.25) is 9.48 Å². The van der Waals surface area contributed by atoms with Crippen LogP contribution in [0.4, 0.5) is 0 Å². The monoisotopic (exact) mass is 391 g/mol. The average molecular weight is 391 g/mol. The number of rotatable bonds is 8. The van der Waals surface area contributed by atoms with Gasteiger partial charge >= 0.3 is 5.97 Å². The van der Waals surface area contributed by atoms with Gasteiger partial charge in [0.25, 0.3) is 5.91 Å². The van der Waals surface area contributed by atoms with E-state index in [1.165, 1.54) is 5.56 Å². The van der Waals surface area contributed by atoms with E-state index in [1.807, 2.05) is 36.5 Å². The Hall–Kier alpha value is -3.41. The third-order valence-corrected chi connectivity index (χ3v) is 4.70. The van der Waals surface area contributed by atoms with Crippen LogP contribution in [0.25, 0.3) is 0 Å². The topological polar surface area (TPSA) is 64.4 Å². The van der Waals surface area contributed by atoms with Crippen LogP contribution in [0, 0.1) is 0 Å². The van der Waals surface area contributed by atoms with Crippen LogP contribution < -0.4 is 0 Å². The number of aromatic nitrogens is 2. The number of amides is 1. The van der Waals surface area contributed by atoms with Crippen LogP contribution in [0.15, 0.2) is 67.0 Å². The zero-order valence-electron chi connectivity index (χ0n) is 16.7. The van der Waals surface area contributed by atoms with Crippen molar-refractivity contribution in [3.8, 4) is 0 Å². The summed E-state index contributed by atoms with van der Waals surface area (Å²) >= 11 is 0. The number of likely N-dealkylation sites (N-methyl/N-ethyl adjacent to an activating group) is 1. The molecule has 150 valence electrons. The van der Waals surface area contributed by atoms with Gasteiger partial charge in [-0.2, -0.15) is 5.10 Å². The minimum atomic E-state index is -0.510. The number of ether oxygens (including phenoxy) is 1. The first-order valence-corrected chi connectivity index (χ1v) is 9.60. The van der Waals surface area contributed by atoms with E-state index in [0.717, 1.165) is 17.5 Å². The fourth-order valence-corrected chi connectivity index (χ4v) is 2.89. The Morgan fingerprint density at radius 1 is 1.00 bits per heavy atom. The van der Waals surface area contributed by atoms with Gasteiger partial charge in [0.15, 0.2) is 6.61 Å². The standard InChI is InChI=1S/C23H25N3O3/c1-3-18-5-7-19(8-6-18)15-25(2)22(27)17-29-23(28)21-11-9-20(10-12-21)16-26-14-4-13-24-26/h4-14H,3,15-17H2,1-2H3. The molecule has 1 aromatic heterocycles. The molecular weight excluding hydrogens is 366 g/mol. The summed E-state index contributed by atoms with van der Waals surface area (Å²) in [6, 6.07) is 17.1. The van der Waals surface area contributed by atoms with Crippen LogP contribution in [0.1, 0.15) is 34.0 Å². The Balaban J connectivity index is 1.47. The Morgan fingerprint density at radius 2 is 1.66 bits per heavy atom. The van der Waals surface area contributed by atoms with Gasteiger partial charge in [-0.1, -0.05) is 43.3 Å². The normalized spacial score (nSPS) is 10.6. The van der Waals surface area contributed by atoms with Crippen molar-refractivity contribution in [3.63, 3.8) is 0 Å². The molecule has 0 N–H and O–H groups in total. The predicted octanol–water partition coefficient (Wildman–Crippen LogP) is 3.31. The van der Waals surface area contributed by atoms with Gasteiger partial charge in [0.1, 0.15) is 0 Å². The van der Waals surface area contributed by atoms with E-state index in [9.17, 15) is 9.59 Å². The molecule has 0 aliphatic rings. The van der Waals surface area contributed by atoms with Gasteiger partial charge in [-0.05, 0) is 41.3 Å². The van der Waals surface area contributed by atoms with Crippen molar-refractivity contribution < 1.29 is 14.3 Å². The molecule has 0 aliphatic carbocycles. The van der Waals surface area contributed by atoms with Crippen molar-refractivity contribution in [2.75, 3.05) is 13.7 Å². The zero-order valence-corrected chi connectivity index (χ0v) is 16.7. The minimum absolute atomic E-state index is 0.242. The summed E-state index contributed by atoms with van der Waals surface area (Å²) in [6.45, 7) is 2.93. The predicted molar refractivity (Wildman–Crippen MR) is 110 cm³/mol. The Labute approximate surface area is 170 Å². The molecule has 0 bridgehead atoms. The van der Waals surface area contributed by atoms with E-state index in [-0.39, 0.29) is 12.5 Å². The van der Waals surface area contributed by atoms with Crippen molar-refractivity contribution in [1.29, 1.82) is 0 Å². The number of carbonyl (C=O) groups is 2. The molecule has 29 heavy (non-hydrogen) atoms. The van der Waals surface area contributed by atoms with E-state index in [1.54, 1.807) is 35.0 Å². The smallest absolute Gasteiger partial charge is 0.338 e. The highest BCUT2D eigenvalue weighted by Crippen LogP contribution is 2.09. The highest BCUT2D eigenvalue weighted by Gasteiger charge is 2.14. The number of aryl methyl sites for hydroxylation is 1. The van der Waals surface area contributed by atoms with Crippen molar-refractivity contribution in [1.82, 2.24) is 14.7 Å². The summed E-state index contributed by atoms with van der Waals surface area (Å²) in [5.74, 6) is -0.752. The van der Waals surface area contributed by atoms with Crippen LogP contribution in [0.5, 0.6) is 0 Å². The first-order chi connectivity index (χ1) is 14.0. The molecule has 2 aromatic carbocycles. The molecule has 1 amide bonds. The van der Waals surface area contributed by atoms with Crippen molar-refractivity contribution in [2.24, 2.45) is 0 Å². The van der Waals surface area contributed by atoms with Crippen LogP contribution in [-0.2, 0) is 29.0 Å². The number of benzene rings is 2. The second kappa shape index (κ2) is 9.68. The first-order valence-electron chi connectivity index (χ1n) is 9.60. The van der Waals surface area contributed by atoms with Gasteiger partial charge in [-0.15, -0.1) is 0 Å². The number of hydrogen-bond donors (Lipinski definition) is 0. The first kappa shape index (κ1) is 20.3. The van der Waals surface area contributed by atoms with Gasteiger partial charge < -0.3 is 9.64 Å². The van der Waals surface area contributed by atoms with Crippen molar-refractivity contribution >= 4 is 11.9 Å². The molecule has 0 saturated carbocycles. The van der Waals surface area contributed by atoms with Gasteiger partial charge in [0.2, 0.25) is 0 Å². The van der Waals surface area contributed by atoms with Crippen LogP contribution in [0.2, 0.25) is 0 Å². The lowest BCUT2D eigenvalue weighted by Gasteiger charge is -2.17. The highest BCUT2D eigenvalue weighted by atomic mass is 16.5.